The van der Waals surface area contributed by atoms with E-state index >= 15 is 0 Å². The molecule has 0 radical (unpaired) electrons. The fraction of sp³-hybridized carbons (Fsp3) is 0.273. The first-order valence-corrected chi connectivity index (χ1v) is 4.87. The van der Waals surface area contributed by atoms with Gasteiger partial charge >= 0.3 is 0 Å². The van der Waals surface area contributed by atoms with Gasteiger partial charge in [-0.25, -0.2) is 0 Å². The lowest BCUT2D eigenvalue weighted by Crippen LogP contribution is -1.96. The Hall–Kier alpha value is -0.990. The largest absolute Gasteiger partial charge is 0.464 e. The van der Waals surface area contributed by atoms with Crippen LogP contribution in [0.3, 0.4) is 0 Å². The molecule has 2 aromatic rings. The second-order valence-corrected chi connectivity index (χ2v) is 3.85. The van der Waals surface area contributed by atoms with E-state index in [4.69, 9.17) is 21.1 Å². The van der Waals surface area contributed by atoms with Crippen molar-refractivity contribution < 1.29 is 9.52 Å². The highest BCUT2D eigenvalue weighted by Crippen LogP contribution is 2.29. The van der Waals surface area contributed by atoms with Crippen LogP contribution in [0.4, 0.5) is 0 Å². The van der Waals surface area contributed by atoms with E-state index in [0.717, 1.165) is 16.5 Å². The Bertz CT molecular complexity index is 447. The average molecular weight is 211 g/mol. The maximum absolute atomic E-state index is 9.05. The number of benzene rings is 1. The molecule has 1 aromatic heterocycles. The van der Waals surface area contributed by atoms with Crippen LogP contribution >= 0.6 is 11.6 Å². The molecule has 3 heteroatoms. The summed E-state index contributed by atoms with van der Waals surface area (Å²) in [7, 11) is 0. The molecule has 0 bridgehead atoms. The van der Waals surface area contributed by atoms with Gasteiger partial charge in [-0.1, -0.05) is 18.5 Å². The summed E-state index contributed by atoms with van der Waals surface area (Å²) in [5, 5.41) is 10.7. The summed E-state index contributed by atoms with van der Waals surface area (Å²) in [4.78, 5) is 0. The van der Waals surface area contributed by atoms with Crippen LogP contribution in [0, 0.1) is 0 Å². The van der Waals surface area contributed by atoms with Crippen LogP contribution in [0.2, 0.25) is 5.02 Å². The van der Waals surface area contributed by atoms with Gasteiger partial charge in [0.2, 0.25) is 0 Å². The molecule has 0 saturated carbocycles. The van der Waals surface area contributed by atoms with Crippen molar-refractivity contribution in [1.82, 2.24) is 0 Å². The van der Waals surface area contributed by atoms with Gasteiger partial charge in [-0.15, -0.1) is 0 Å². The molecule has 1 atom stereocenters. The summed E-state index contributed by atoms with van der Waals surface area (Å²) in [6.07, 6.45) is 1.68. The molecule has 74 valence electrons. The number of hydrogen-bond donors (Lipinski definition) is 1. The molecular formula is C11H11ClO2. The minimum atomic E-state index is 0.0948. The normalized spacial score (nSPS) is 13.4. The average Bonchev–Trinajstić information content (AvgIpc) is 2.59. The number of aliphatic hydroxyl groups is 1. The Morgan fingerprint density at radius 2 is 2.29 bits per heavy atom. The third-order valence-electron chi connectivity index (χ3n) is 2.37. The maximum atomic E-state index is 9.05. The van der Waals surface area contributed by atoms with Crippen molar-refractivity contribution in [3.8, 4) is 0 Å². The predicted molar refractivity (Wildman–Crippen MR) is 56.7 cm³/mol. The van der Waals surface area contributed by atoms with E-state index in [-0.39, 0.29) is 12.5 Å². The number of hydrogen-bond acceptors (Lipinski definition) is 2. The summed E-state index contributed by atoms with van der Waals surface area (Å²) in [5.41, 5.74) is 1.80. The first-order valence-electron chi connectivity index (χ1n) is 4.50. The minimum Gasteiger partial charge on any atom is -0.464 e. The Kier molecular flexibility index (Phi) is 2.48. The zero-order chi connectivity index (χ0) is 10.1. The molecule has 0 aliphatic carbocycles. The van der Waals surface area contributed by atoms with Crippen molar-refractivity contribution in [2.75, 3.05) is 6.61 Å². The van der Waals surface area contributed by atoms with Gasteiger partial charge in [-0.05, 0) is 18.2 Å². The van der Waals surface area contributed by atoms with Gasteiger partial charge in [-0.2, -0.15) is 0 Å². The topological polar surface area (TPSA) is 33.4 Å². The number of rotatable bonds is 2. The second kappa shape index (κ2) is 3.64. The standard InChI is InChI=1S/C11H11ClO2/c1-7(5-13)10-6-14-11-4-8(12)2-3-9(10)11/h2-4,6-7,13H,5H2,1H3. The molecule has 2 rings (SSSR count). The highest BCUT2D eigenvalue weighted by atomic mass is 35.5. The molecule has 0 aliphatic rings. The molecule has 0 amide bonds. The molecular weight excluding hydrogens is 200 g/mol. The number of aliphatic hydroxyl groups excluding tert-OH is 1. The summed E-state index contributed by atoms with van der Waals surface area (Å²) in [5.74, 6) is 0.0948. The van der Waals surface area contributed by atoms with Crippen molar-refractivity contribution >= 4 is 22.6 Å². The molecule has 0 aliphatic heterocycles. The van der Waals surface area contributed by atoms with Crippen molar-refractivity contribution in [2.24, 2.45) is 0 Å². The zero-order valence-corrected chi connectivity index (χ0v) is 8.58. The Morgan fingerprint density at radius 3 is 3.00 bits per heavy atom. The predicted octanol–water partition coefficient (Wildman–Crippen LogP) is 3.18. The molecule has 1 N–H and O–H groups in total. The molecule has 0 fully saturated rings. The van der Waals surface area contributed by atoms with Gasteiger partial charge in [0.05, 0.1) is 6.26 Å². The third kappa shape index (κ3) is 1.51. The number of fused-ring (bicyclic) bond motifs is 1. The van der Waals surface area contributed by atoms with Gasteiger partial charge in [0.15, 0.2) is 0 Å². The summed E-state index contributed by atoms with van der Waals surface area (Å²) in [6.45, 7) is 2.08. The van der Waals surface area contributed by atoms with Crippen LogP contribution in [0.25, 0.3) is 11.0 Å². The molecule has 1 heterocycles. The zero-order valence-electron chi connectivity index (χ0n) is 7.83. The third-order valence-corrected chi connectivity index (χ3v) is 2.61. The van der Waals surface area contributed by atoms with E-state index in [9.17, 15) is 0 Å². The Labute approximate surface area is 87.1 Å². The molecule has 0 spiro atoms. The van der Waals surface area contributed by atoms with Gasteiger partial charge in [0.25, 0.3) is 0 Å². The molecule has 1 aromatic carbocycles. The second-order valence-electron chi connectivity index (χ2n) is 3.42. The smallest absolute Gasteiger partial charge is 0.135 e. The monoisotopic (exact) mass is 210 g/mol. The highest BCUT2D eigenvalue weighted by Gasteiger charge is 2.11. The van der Waals surface area contributed by atoms with Crippen LogP contribution < -0.4 is 0 Å². The lowest BCUT2D eigenvalue weighted by Gasteiger charge is -2.04. The first kappa shape index (κ1) is 9.56. The molecule has 1 unspecified atom stereocenters. The van der Waals surface area contributed by atoms with E-state index in [1.54, 1.807) is 12.3 Å². The van der Waals surface area contributed by atoms with Gasteiger partial charge in [0, 0.05) is 28.5 Å². The summed E-state index contributed by atoms with van der Waals surface area (Å²) in [6, 6.07) is 5.53. The van der Waals surface area contributed by atoms with E-state index in [1.165, 1.54) is 0 Å². The van der Waals surface area contributed by atoms with Crippen molar-refractivity contribution in [1.29, 1.82) is 0 Å². The van der Waals surface area contributed by atoms with Gasteiger partial charge < -0.3 is 9.52 Å². The van der Waals surface area contributed by atoms with Gasteiger partial charge in [0.1, 0.15) is 5.58 Å². The molecule has 14 heavy (non-hydrogen) atoms. The van der Waals surface area contributed by atoms with E-state index in [1.807, 2.05) is 19.1 Å². The quantitative estimate of drug-likeness (QED) is 0.826. The minimum absolute atomic E-state index is 0.0948. The van der Waals surface area contributed by atoms with Crippen LogP contribution in [0.1, 0.15) is 18.4 Å². The fourth-order valence-corrected chi connectivity index (χ4v) is 1.66. The molecule has 2 nitrogen and oxygen atoms in total. The van der Waals surface area contributed by atoms with Crippen LogP contribution in [-0.4, -0.2) is 11.7 Å². The lowest BCUT2D eigenvalue weighted by molar-refractivity contribution is 0.273. The van der Waals surface area contributed by atoms with E-state index < -0.39 is 0 Å². The van der Waals surface area contributed by atoms with E-state index in [0.29, 0.717) is 5.02 Å². The van der Waals surface area contributed by atoms with Crippen molar-refractivity contribution in [2.45, 2.75) is 12.8 Å². The Balaban J connectivity index is 2.58. The lowest BCUT2D eigenvalue weighted by atomic mass is 10.0. The van der Waals surface area contributed by atoms with Crippen LogP contribution in [0.15, 0.2) is 28.9 Å². The summed E-state index contributed by atoms with van der Waals surface area (Å²) >= 11 is 5.83. The van der Waals surface area contributed by atoms with Crippen molar-refractivity contribution in [3.05, 3.63) is 35.0 Å². The van der Waals surface area contributed by atoms with Gasteiger partial charge in [-0.3, -0.25) is 0 Å². The number of halogens is 1. The highest BCUT2D eigenvalue weighted by molar-refractivity contribution is 6.31. The van der Waals surface area contributed by atoms with E-state index in [2.05, 4.69) is 0 Å². The maximum Gasteiger partial charge on any atom is 0.135 e. The fourth-order valence-electron chi connectivity index (χ4n) is 1.50. The van der Waals surface area contributed by atoms with Crippen molar-refractivity contribution in [3.63, 3.8) is 0 Å². The number of furan rings is 1. The Morgan fingerprint density at radius 1 is 1.50 bits per heavy atom. The van der Waals surface area contributed by atoms with Crippen LogP contribution in [0.5, 0.6) is 0 Å². The van der Waals surface area contributed by atoms with Crippen LogP contribution in [-0.2, 0) is 0 Å². The molecule has 0 saturated heterocycles. The summed E-state index contributed by atoms with van der Waals surface area (Å²) < 4.78 is 5.36. The SMILES string of the molecule is CC(CO)c1coc2cc(Cl)ccc12. The first-order chi connectivity index (χ1) is 6.72.